The van der Waals surface area contributed by atoms with Crippen molar-refractivity contribution in [3.05, 3.63) is 47.8 Å². The Morgan fingerprint density at radius 1 is 1.14 bits per heavy atom. The first kappa shape index (κ1) is 14.4. The fourth-order valence-electron chi connectivity index (χ4n) is 2.80. The van der Waals surface area contributed by atoms with Crippen LogP contribution >= 0.6 is 11.8 Å². The van der Waals surface area contributed by atoms with Gasteiger partial charge in [-0.2, -0.15) is 5.10 Å². The predicted octanol–water partition coefficient (Wildman–Crippen LogP) is 4.49. The van der Waals surface area contributed by atoms with Crippen LogP contribution in [-0.2, 0) is 5.75 Å². The highest BCUT2D eigenvalue weighted by Gasteiger charge is 2.15. The largest absolute Gasteiger partial charge is 0.298 e. The van der Waals surface area contributed by atoms with E-state index in [0.717, 1.165) is 23.3 Å². The first-order chi connectivity index (χ1) is 10.3. The van der Waals surface area contributed by atoms with Crippen LogP contribution in [0.5, 0.6) is 0 Å². The molecule has 21 heavy (non-hydrogen) atoms. The minimum absolute atomic E-state index is 0.601. The summed E-state index contributed by atoms with van der Waals surface area (Å²) in [7, 11) is 0. The highest BCUT2D eigenvalue weighted by atomic mass is 32.2. The van der Waals surface area contributed by atoms with Gasteiger partial charge in [0, 0.05) is 22.4 Å². The van der Waals surface area contributed by atoms with E-state index in [2.05, 4.69) is 16.9 Å². The van der Waals surface area contributed by atoms with Gasteiger partial charge in [0.25, 0.3) is 0 Å². The third-order valence-corrected chi connectivity index (χ3v) is 5.06. The number of rotatable bonds is 5. The number of hydrogen-bond donors (Lipinski definition) is 0. The Morgan fingerprint density at radius 2 is 1.90 bits per heavy atom. The number of aromatic nitrogens is 2. The van der Waals surface area contributed by atoms with Gasteiger partial charge in [-0.1, -0.05) is 31.4 Å². The lowest BCUT2D eigenvalue weighted by Crippen LogP contribution is -2.13. The number of aldehydes is 1. The molecule has 1 aliphatic rings. The van der Waals surface area contributed by atoms with Gasteiger partial charge in [-0.3, -0.25) is 9.48 Å². The summed E-state index contributed by atoms with van der Waals surface area (Å²) in [5, 5.41) is 4.72. The molecule has 0 atom stereocenters. The smallest absolute Gasteiger partial charge is 0.150 e. The zero-order chi connectivity index (χ0) is 14.5. The van der Waals surface area contributed by atoms with Gasteiger partial charge in [0.15, 0.2) is 0 Å². The molecule has 0 amide bonds. The van der Waals surface area contributed by atoms with Crippen LogP contribution in [0.1, 0.15) is 54.2 Å². The molecule has 1 heterocycles. The van der Waals surface area contributed by atoms with Crippen molar-refractivity contribution in [1.82, 2.24) is 9.78 Å². The van der Waals surface area contributed by atoms with E-state index in [4.69, 9.17) is 5.10 Å². The molecule has 4 heteroatoms. The lowest BCUT2D eigenvalue weighted by molar-refractivity contribution is 0.112. The van der Waals surface area contributed by atoms with E-state index in [1.165, 1.54) is 37.0 Å². The molecule has 1 saturated carbocycles. The monoisotopic (exact) mass is 300 g/mol. The average Bonchev–Trinajstić information content (AvgIpc) is 3.03. The Balaban J connectivity index is 1.57. The van der Waals surface area contributed by atoms with E-state index in [-0.39, 0.29) is 0 Å². The Morgan fingerprint density at radius 3 is 2.62 bits per heavy atom. The molecule has 1 aromatic carbocycles. The molecule has 0 saturated heterocycles. The van der Waals surface area contributed by atoms with Gasteiger partial charge in [-0.15, -0.1) is 11.8 Å². The Kier molecular flexibility index (Phi) is 4.76. The molecule has 0 bridgehead atoms. The quantitative estimate of drug-likeness (QED) is 0.602. The normalized spacial score (nSPS) is 16.0. The number of benzene rings is 1. The average molecular weight is 300 g/mol. The van der Waals surface area contributed by atoms with Gasteiger partial charge in [-0.05, 0) is 31.0 Å². The van der Waals surface area contributed by atoms with E-state index >= 15 is 0 Å². The van der Waals surface area contributed by atoms with Crippen molar-refractivity contribution in [3.8, 4) is 0 Å². The molecule has 3 nitrogen and oxygen atoms in total. The summed E-state index contributed by atoms with van der Waals surface area (Å²) < 4.78 is 2.16. The summed E-state index contributed by atoms with van der Waals surface area (Å²) in [4.78, 5) is 11.8. The minimum atomic E-state index is 0.601. The molecule has 0 radical (unpaired) electrons. The van der Waals surface area contributed by atoms with E-state index in [0.29, 0.717) is 6.04 Å². The first-order valence-corrected chi connectivity index (χ1v) is 8.56. The van der Waals surface area contributed by atoms with Crippen LogP contribution in [0.15, 0.2) is 41.4 Å². The fraction of sp³-hybridized carbons (Fsp3) is 0.412. The lowest BCUT2D eigenvalue weighted by atomic mass is 9.96. The van der Waals surface area contributed by atoms with Gasteiger partial charge < -0.3 is 0 Å². The third kappa shape index (κ3) is 3.76. The summed E-state index contributed by atoms with van der Waals surface area (Å²) >= 11 is 1.76. The van der Waals surface area contributed by atoms with Crippen LogP contribution in [0.4, 0.5) is 0 Å². The van der Waals surface area contributed by atoms with Crippen molar-refractivity contribution >= 4 is 18.0 Å². The van der Waals surface area contributed by atoms with Crippen LogP contribution in [-0.4, -0.2) is 16.1 Å². The molecule has 0 spiro atoms. The predicted molar refractivity (Wildman–Crippen MR) is 85.7 cm³/mol. The molecule has 0 unspecified atom stereocenters. The van der Waals surface area contributed by atoms with E-state index < -0.39 is 0 Å². The van der Waals surface area contributed by atoms with E-state index in [9.17, 15) is 4.79 Å². The second kappa shape index (κ2) is 6.94. The van der Waals surface area contributed by atoms with Crippen molar-refractivity contribution in [1.29, 1.82) is 0 Å². The number of hydrogen-bond acceptors (Lipinski definition) is 3. The van der Waals surface area contributed by atoms with Gasteiger partial charge in [-0.25, -0.2) is 0 Å². The molecular weight excluding hydrogens is 280 g/mol. The number of nitrogens with zero attached hydrogens (tertiary/aromatic N) is 2. The summed E-state index contributed by atoms with van der Waals surface area (Å²) in [5.41, 5.74) is 1.85. The Bertz CT molecular complexity index is 585. The van der Waals surface area contributed by atoms with Crippen LogP contribution in [0.25, 0.3) is 0 Å². The zero-order valence-corrected chi connectivity index (χ0v) is 12.9. The zero-order valence-electron chi connectivity index (χ0n) is 12.1. The summed E-state index contributed by atoms with van der Waals surface area (Å²) in [6.45, 7) is 0. The third-order valence-electron chi connectivity index (χ3n) is 4.02. The van der Waals surface area contributed by atoms with Crippen LogP contribution < -0.4 is 0 Å². The number of carbonyl (C=O) groups is 1. The fourth-order valence-corrected chi connectivity index (χ4v) is 3.60. The highest BCUT2D eigenvalue weighted by Crippen LogP contribution is 2.28. The minimum Gasteiger partial charge on any atom is -0.298 e. The van der Waals surface area contributed by atoms with Crippen molar-refractivity contribution in [2.75, 3.05) is 0 Å². The SMILES string of the molecule is O=Cc1ccc(SCc2ccn(C3CCCCC3)n2)cc1. The van der Waals surface area contributed by atoms with Crippen molar-refractivity contribution in [3.63, 3.8) is 0 Å². The van der Waals surface area contributed by atoms with Gasteiger partial charge in [0.05, 0.1) is 11.7 Å². The molecule has 0 aliphatic heterocycles. The molecule has 1 aliphatic carbocycles. The van der Waals surface area contributed by atoms with Crippen LogP contribution in [0.2, 0.25) is 0 Å². The second-order valence-corrected chi connectivity index (χ2v) is 6.60. The summed E-state index contributed by atoms with van der Waals surface area (Å²) in [6.07, 6.45) is 9.57. The van der Waals surface area contributed by atoms with Crippen LogP contribution in [0.3, 0.4) is 0 Å². The molecule has 0 N–H and O–H groups in total. The molecule has 2 aromatic rings. The maximum absolute atomic E-state index is 10.6. The van der Waals surface area contributed by atoms with Gasteiger partial charge in [0.1, 0.15) is 6.29 Å². The Hall–Kier alpha value is -1.55. The maximum Gasteiger partial charge on any atom is 0.150 e. The molecule has 110 valence electrons. The Labute approximate surface area is 129 Å². The highest BCUT2D eigenvalue weighted by molar-refractivity contribution is 7.98. The van der Waals surface area contributed by atoms with Crippen molar-refractivity contribution in [2.24, 2.45) is 0 Å². The summed E-state index contributed by atoms with van der Waals surface area (Å²) in [5.74, 6) is 0.875. The summed E-state index contributed by atoms with van der Waals surface area (Å²) in [6, 6.07) is 10.4. The molecular formula is C17H20N2OS. The van der Waals surface area contributed by atoms with Crippen LogP contribution in [0, 0.1) is 0 Å². The van der Waals surface area contributed by atoms with Gasteiger partial charge in [0.2, 0.25) is 0 Å². The molecule has 1 aromatic heterocycles. The van der Waals surface area contributed by atoms with E-state index in [1.54, 1.807) is 11.8 Å². The van der Waals surface area contributed by atoms with Crippen molar-refractivity contribution in [2.45, 2.75) is 48.8 Å². The maximum atomic E-state index is 10.6. The first-order valence-electron chi connectivity index (χ1n) is 7.57. The standard InChI is InChI=1S/C17H20N2OS/c20-12-14-6-8-17(9-7-14)21-13-15-10-11-19(18-15)16-4-2-1-3-5-16/h6-12,16H,1-5,13H2. The molecule has 1 fully saturated rings. The number of thioether (sulfide) groups is 1. The lowest BCUT2D eigenvalue weighted by Gasteiger charge is -2.21. The second-order valence-electron chi connectivity index (χ2n) is 5.55. The van der Waals surface area contributed by atoms with Crippen molar-refractivity contribution < 1.29 is 4.79 Å². The van der Waals surface area contributed by atoms with Gasteiger partial charge >= 0.3 is 0 Å². The molecule has 3 rings (SSSR count). The number of carbonyl (C=O) groups excluding carboxylic acids is 1. The van der Waals surface area contributed by atoms with E-state index in [1.807, 2.05) is 24.3 Å². The topological polar surface area (TPSA) is 34.9 Å².